The molecular formula is C24H26N4O6S. The number of fused-ring (bicyclic) bond motifs is 1. The Kier molecular flexibility index (Phi) is 6.53. The number of benzene rings is 1. The second-order valence-electron chi connectivity index (χ2n) is 7.84. The van der Waals surface area contributed by atoms with E-state index in [1.54, 1.807) is 43.1 Å². The summed E-state index contributed by atoms with van der Waals surface area (Å²) >= 11 is 1.23. The van der Waals surface area contributed by atoms with E-state index in [1.165, 1.54) is 44.3 Å². The van der Waals surface area contributed by atoms with Crippen LogP contribution in [0.25, 0.3) is 6.08 Å². The fourth-order valence-corrected chi connectivity index (χ4v) is 5.15. The summed E-state index contributed by atoms with van der Waals surface area (Å²) in [5.74, 6) is 0.856. The van der Waals surface area contributed by atoms with Crippen LogP contribution in [-0.4, -0.2) is 48.8 Å². The number of carbonyl (C=O) groups is 1. The molecule has 1 aliphatic heterocycles. The smallest absolute Gasteiger partial charge is 0.338 e. The molecule has 0 aliphatic carbocycles. The summed E-state index contributed by atoms with van der Waals surface area (Å²) in [6.45, 7) is 3.62. The van der Waals surface area contributed by atoms with Gasteiger partial charge in [-0.25, -0.2) is 9.79 Å². The zero-order valence-corrected chi connectivity index (χ0v) is 21.3. The lowest BCUT2D eigenvalue weighted by atomic mass is 9.96. The Labute approximate surface area is 205 Å². The molecule has 0 spiro atoms. The predicted octanol–water partition coefficient (Wildman–Crippen LogP) is 1.48. The summed E-state index contributed by atoms with van der Waals surface area (Å²) in [5.41, 5.74) is 2.74. The van der Waals surface area contributed by atoms with Crippen LogP contribution in [-0.2, 0) is 16.6 Å². The predicted molar refractivity (Wildman–Crippen MR) is 130 cm³/mol. The van der Waals surface area contributed by atoms with E-state index in [9.17, 15) is 9.59 Å². The van der Waals surface area contributed by atoms with Gasteiger partial charge in [0, 0.05) is 18.3 Å². The fourth-order valence-electron chi connectivity index (χ4n) is 4.11. The third-order valence-electron chi connectivity index (χ3n) is 5.98. The van der Waals surface area contributed by atoms with E-state index in [1.807, 2.05) is 6.92 Å². The normalized spacial score (nSPS) is 15.5. The molecule has 1 atom stereocenters. The van der Waals surface area contributed by atoms with E-state index in [0.29, 0.717) is 43.4 Å². The molecule has 3 heterocycles. The van der Waals surface area contributed by atoms with Crippen molar-refractivity contribution in [2.45, 2.75) is 19.9 Å². The van der Waals surface area contributed by atoms with Crippen LogP contribution < -0.4 is 29.1 Å². The quantitative estimate of drug-likeness (QED) is 0.474. The van der Waals surface area contributed by atoms with Crippen molar-refractivity contribution in [1.82, 2.24) is 14.3 Å². The first-order chi connectivity index (χ1) is 16.7. The average Bonchev–Trinajstić information content (AvgIpc) is 3.34. The van der Waals surface area contributed by atoms with Crippen molar-refractivity contribution >= 4 is 23.4 Å². The van der Waals surface area contributed by atoms with E-state index < -0.39 is 12.0 Å². The molecule has 4 rings (SSSR count). The van der Waals surface area contributed by atoms with Gasteiger partial charge in [-0.15, -0.1) is 0 Å². The molecule has 0 N–H and O–H groups in total. The van der Waals surface area contributed by atoms with Crippen LogP contribution in [0.2, 0.25) is 0 Å². The van der Waals surface area contributed by atoms with Gasteiger partial charge in [-0.1, -0.05) is 11.3 Å². The number of allylic oxidation sites excluding steroid dienone is 1. The fraction of sp³-hybridized carbons (Fsp3) is 0.333. The number of carbonyl (C=O) groups excluding carboxylic acids is 1. The summed E-state index contributed by atoms with van der Waals surface area (Å²) in [6.07, 6.45) is 3.40. The lowest BCUT2D eigenvalue weighted by Crippen LogP contribution is -2.40. The van der Waals surface area contributed by atoms with Crippen molar-refractivity contribution in [3.8, 4) is 17.2 Å². The first-order valence-electron chi connectivity index (χ1n) is 10.6. The molecule has 0 saturated carbocycles. The van der Waals surface area contributed by atoms with Crippen LogP contribution in [0.4, 0.5) is 0 Å². The number of hydrogen-bond acceptors (Lipinski definition) is 9. The number of hydrogen-bond donors (Lipinski definition) is 0. The molecule has 1 unspecified atom stereocenters. The summed E-state index contributed by atoms with van der Waals surface area (Å²) in [6, 6.07) is 2.80. The SMILES string of the molecule is COC(=O)C1=C(C)N=c2s/c(=C/c3cc(OC)c(OC)c(OC)c3)c(=O)n2C1c1cnn(C)c1C. The molecule has 0 radical (unpaired) electrons. The van der Waals surface area contributed by atoms with Crippen molar-refractivity contribution in [1.29, 1.82) is 0 Å². The van der Waals surface area contributed by atoms with E-state index in [-0.39, 0.29) is 5.56 Å². The molecular weight excluding hydrogens is 472 g/mol. The third kappa shape index (κ3) is 4.01. The van der Waals surface area contributed by atoms with Gasteiger partial charge in [-0.05, 0) is 37.6 Å². The first-order valence-corrected chi connectivity index (χ1v) is 11.5. The minimum absolute atomic E-state index is 0.287. The highest BCUT2D eigenvalue weighted by atomic mass is 32.1. The van der Waals surface area contributed by atoms with E-state index >= 15 is 0 Å². The van der Waals surface area contributed by atoms with Crippen molar-refractivity contribution in [3.05, 3.63) is 66.1 Å². The van der Waals surface area contributed by atoms with Crippen LogP contribution in [0, 0.1) is 6.92 Å². The molecule has 10 nitrogen and oxygen atoms in total. The number of nitrogens with zero attached hydrogens (tertiary/aromatic N) is 4. The highest BCUT2D eigenvalue weighted by Crippen LogP contribution is 2.38. The van der Waals surface area contributed by atoms with Gasteiger partial charge in [-0.2, -0.15) is 5.10 Å². The topological polar surface area (TPSA) is 106 Å². The summed E-state index contributed by atoms with van der Waals surface area (Å²) in [5, 5.41) is 4.32. The Morgan fingerprint density at radius 3 is 2.26 bits per heavy atom. The molecule has 0 amide bonds. The minimum atomic E-state index is -0.713. The van der Waals surface area contributed by atoms with Gasteiger partial charge in [0.05, 0.1) is 50.4 Å². The van der Waals surface area contributed by atoms with E-state index in [4.69, 9.17) is 18.9 Å². The maximum atomic E-state index is 13.7. The van der Waals surface area contributed by atoms with Crippen molar-refractivity contribution in [3.63, 3.8) is 0 Å². The number of methoxy groups -OCH3 is 4. The zero-order chi connectivity index (χ0) is 25.4. The van der Waals surface area contributed by atoms with Gasteiger partial charge in [0.2, 0.25) is 5.75 Å². The second-order valence-corrected chi connectivity index (χ2v) is 8.85. The number of rotatable bonds is 6. The van der Waals surface area contributed by atoms with Crippen LogP contribution in [0.3, 0.4) is 0 Å². The number of thiazole rings is 1. The molecule has 3 aromatic rings. The monoisotopic (exact) mass is 498 g/mol. The lowest BCUT2D eigenvalue weighted by Gasteiger charge is -2.23. The van der Waals surface area contributed by atoms with Gasteiger partial charge < -0.3 is 18.9 Å². The molecule has 184 valence electrons. The minimum Gasteiger partial charge on any atom is -0.493 e. The Morgan fingerprint density at radius 1 is 1.09 bits per heavy atom. The molecule has 11 heteroatoms. The Hall–Kier alpha value is -3.86. The zero-order valence-electron chi connectivity index (χ0n) is 20.5. The number of esters is 1. The van der Waals surface area contributed by atoms with Gasteiger partial charge in [0.1, 0.15) is 6.04 Å². The first kappa shape index (κ1) is 24.3. The summed E-state index contributed by atoms with van der Waals surface area (Å²) in [7, 11) is 7.71. The maximum absolute atomic E-state index is 13.7. The van der Waals surface area contributed by atoms with Crippen molar-refractivity contribution in [2.24, 2.45) is 12.0 Å². The molecule has 0 fully saturated rings. The Balaban J connectivity index is 1.98. The van der Waals surface area contributed by atoms with Crippen LogP contribution >= 0.6 is 11.3 Å². The molecule has 0 saturated heterocycles. The average molecular weight is 499 g/mol. The Bertz CT molecular complexity index is 1500. The van der Waals surface area contributed by atoms with Crippen LogP contribution in [0.5, 0.6) is 17.2 Å². The molecule has 1 aromatic carbocycles. The molecule has 2 aromatic heterocycles. The standard InChI is InChI=1S/C24H26N4O6S/c1-12-19(23(30)34-7)20(15-11-25-27(3)13(15)2)28-22(29)18(35-24(28)26-12)10-14-8-16(31-4)21(33-6)17(9-14)32-5/h8-11,20H,1-7H3/b18-10+. The number of aromatic nitrogens is 3. The highest BCUT2D eigenvalue weighted by Gasteiger charge is 2.35. The number of aryl methyl sites for hydroxylation is 1. The van der Waals surface area contributed by atoms with Gasteiger partial charge in [-0.3, -0.25) is 14.0 Å². The third-order valence-corrected chi connectivity index (χ3v) is 6.96. The van der Waals surface area contributed by atoms with E-state index in [0.717, 1.165) is 11.3 Å². The number of ether oxygens (including phenoxy) is 4. The Morgan fingerprint density at radius 2 is 1.74 bits per heavy atom. The van der Waals surface area contributed by atoms with Crippen LogP contribution in [0.15, 0.2) is 39.4 Å². The molecule has 1 aliphatic rings. The molecule has 0 bridgehead atoms. The van der Waals surface area contributed by atoms with Gasteiger partial charge in [0.25, 0.3) is 5.56 Å². The van der Waals surface area contributed by atoms with Gasteiger partial charge >= 0.3 is 5.97 Å². The van der Waals surface area contributed by atoms with E-state index in [2.05, 4.69) is 10.1 Å². The molecule has 35 heavy (non-hydrogen) atoms. The van der Waals surface area contributed by atoms with Gasteiger partial charge in [0.15, 0.2) is 16.3 Å². The summed E-state index contributed by atoms with van der Waals surface area (Å²) < 4.78 is 25.0. The maximum Gasteiger partial charge on any atom is 0.338 e. The highest BCUT2D eigenvalue weighted by molar-refractivity contribution is 7.07. The lowest BCUT2D eigenvalue weighted by molar-refractivity contribution is -0.136. The van der Waals surface area contributed by atoms with Crippen LogP contribution in [0.1, 0.15) is 29.8 Å². The van der Waals surface area contributed by atoms with Crippen molar-refractivity contribution < 1.29 is 23.7 Å². The van der Waals surface area contributed by atoms with Crippen molar-refractivity contribution in [2.75, 3.05) is 28.4 Å². The second kappa shape index (κ2) is 9.41. The summed E-state index contributed by atoms with van der Waals surface area (Å²) in [4.78, 5) is 31.5. The largest absolute Gasteiger partial charge is 0.493 e.